The third-order valence-electron chi connectivity index (χ3n) is 3.56. The molecule has 0 aliphatic rings. The molecule has 0 saturated carbocycles. The monoisotopic (exact) mass is 363 g/mol. The van der Waals surface area contributed by atoms with Crippen LogP contribution >= 0.6 is 0 Å². The number of carbonyl (C=O) groups excluding carboxylic acids is 1. The van der Waals surface area contributed by atoms with Crippen LogP contribution in [0.2, 0.25) is 0 Å². The smallest absolute Gasteiger partial charge is 0.282 e. The molecule has 8 nitrogen and oxygen atoms in total. The van der Waals surface area contributed by atoms with Gasteiger partial charge in [0.15, 0.2) is 0 Å². The fraction of sp³-hybridized carbons (Fsp3) is 0.188. The highest BCUT2D eigenvalue weighted by molar-refractivity contribution is 7.88. The van der Waals surface area contributed by atoms with Gasteiger partial charge in [-0.25, -0.2) is 13.1 Å². The largest absolute Gasteiger partial charge is 0.348 e. The van der Waals surface area contributed by atoms with Crippen LogP contribution in [0.25, 0.3) is 0 Å². The van der Waals surface area contributed by atoms with Gasteiger partial charge >= 0.3 is 0 Å². The fourth-order valence-corrected chi connectivity index (χ4v) is 3.08. The van der Waals surface area contributed by atoms with E-state index in [0.717, 1.165) is 0 Å². The standard InChI is InChI=1S/C16H17N3O5S/c1-17-25(23,24)11-13-7-3-2-6-12(13)10-18-16(20)14-8-4-5-9-15(14)19(21)22/h2-9,17H,10-11H2,1H3,(H,18,20). The zero-order valence-corrected chi connectivity index (χ0v) is 14.2. The van der Waals surface area contributed by atoms with Crippen molar-refractivity contribution < 1.29 is 18.1 Å². The number of amides is 1. The van der Waals surface area contributed by atoms with Crippen molar-refractivity contribution in [3.63, 3.8) is 0 Å². The summed E-state index contributed by atoms with van der Waals surface area (Å²) in [7, 11) is -2.13. The van der Waals surface area contributed by atoms with Crippen molar-refractivity contribution in [2.75, 3.05) is 7.05 Å². The molecule has 0 unspecified atom stereocenters. The van der Waals surface area contributed by atoms with Gasteiger partial charge in [-0.1, -0.05) is 36.4 Å². The maximum absolute atomic E-state index is 12.2. The quantitative estimate of drug-likeness (QED) is 0.572. The van der Waals surface area contributed by atoms with Gasteiger partial charge in [0, 0.05) is 12.6 Å². The van der Waals surface area contributed by atoms with Gasteiger partial charge in [-0.2, -0.15) is 0 Å². The number of nitrogens with one attached hydrogen (secondary N) is 2. The summed E-state index contributed by atoms with van der Waals surface area (Å²) in [6, 6.07) is 12.4. The molecule has 0 fully saturated rings. The molecule has 0 saturated heterocycles. The summed E-state index contributed by atoms with van der Waals surface area (Å²) in [6.07, 6.45) is 0. The van der Waals surface area contributed by atoms with Crippen molar-refractivity contribution in [2.45, 2.75) is 12.3 Å². The molecular weight excluding hydrogens is 346 g/mol. The summed E-state index contributed by atoms with van der Waals surface area (Å²) >= 11 is 0. The molecule has 1 amide bonds. The molecule has 0 radical (unpaired) electrons. The second kappa shape index (κ2) is 7.86. The Labute approximate surface area is 145 Å². The van der Waals surface area contributed by atoms with E-state index < -0.39 is 20.9 Å². The van der Waals surface area contributed by atoms with Crippen LogP contribution in [0, 0.1) is 10.1 Å². The van der Waals surface area contributed by atoms with Crippen molar-refractivity contribution in [3.8, 4) is 0 Å². The molecule has 2 N–H and O–H groups in total. The SMILES string of the molecule is CNS(=O)(=O)Cc1ccccc1CNC(=O)c1ccccc1[N+](=O)[O-]. The molecule has 0 atom stereocenters. The van der Waals surface area contributed by atoms with E-state index >= 15 is 0 Å². The zero-order valence-electron chi connectivity index (χ0n) is 13.4. The number of carbonyl (C=O) groups is 1. The highest BCUT2D eigenvalue weighted by atomic mass is 32.2. The zero-order chi connectivity index (χ0) is 18.4. The summed E-state index contributed by atoms with van der Waals surface area (Å²) in [5, 5.41) is 13.6. The number of hydrogen-bond acceptors (Lipinski definition) is 5. The Morgan fingerprint density at radius 2 is 1.68 bits per heavy atom. The van der Waals surface area contributed by atoms with Crippen molar-refractivity contribution >= 4 is 21.6 Å². The second-order valence-corrected chi connectivity index (χ2v) is 7.12. The predicted molar refractivity (Wildman–Crippen MR) is 92.4 cm³/mol. The van der Waals surface area contributed by atoms with Gasteiger partial charge in [0.25, 0.3) is 11.6 Å². The number of sulfonamides is 1. The summed E-state index contributed by atoms with van der Waals surface area (Å²) in [6.45, 7) is 0.0558. The second-order valence-electron chi connectivity index (χ2n) is 5.19. The van der Waals surface area contributed by atoms with E-state index in [2.05, 4.69) is 10.0 Å². The van der Waals surface area contributed by atoms with Crippen LogP contribution in [-0.2, 0) is 22.3 Å². The van der Waals surface area contributed by atoms with Gasteiger partial charge in [0.2, 0.25) is 10.0 Å². The Balaban J connectivity index is 2.17. The van der Waals surface area contributed by atoms with Crippen molar-refractivity contribution in [1.82, 2.24) is 10.0 Å². The molecule has 2 aromatic carbocycles. The summed E-state index contributed by atoms with van der Waals surface area (Å²) in [5.41, 5.74) is 0.826. The van der Waals surface area contributed by atoms with Gasteiger partial charge in [0.05, 0.1) is 10.7 Å². The van der Waals surface area contributed by atoms with Crippen molar-refractivity contribution in [1.29, 1.82) is 0 Å². The van der Waals surface area contributed by atoms with E-state index in [9.17, 15) is 23.3 Å². The van der Waals surface area contributed by atoms with E-state index in [0.29, 0.717) is 11.1 Å². The number of nitro benzene ring substituents is 1. The number of nitrogens with zero attached hydrogens (tertiary/aromatic N) is 1. The van der Waals surface area contributed by atoms with Crippen LogP contribution in [0.15, 0.2) is 48.5 Å². The summed E-state index contributed by atoms with van der Waals surface area (Å²) < 4.78 is 25.7. The average Bonchev–Trinajstić information content (AvgIpc) is 2.60. The van der Waals surface area contributed by atoms with E-state index in [1.165, 1.54) is 31.3 Å². The maximum atomic E-state index is 12.2. The number of benzene rings is 2. The average molecular weight is 363 g/mol. The molecule has 2 rings (SSSR count). The van der Waals surface area contributed by atoms with Crippen LogP contribution in [0.1, 0.15) is 21.5 Å². The van der Waals surface area contributed by atoms with Gasteiger partial charge in [0.1, 0.15) is 5.56 Å². The van der Waals surface area contributed by atoms with Gasteiger partial charge in [-0.15, -0.1) is 0 Å². The molecule has 0 bridgehead atoms. The third kappa shape index (κ3) is 4.85. The Bertz CT molecular complexity index is 896. The lowest BCUT2D eigenvalue weighted by molar-refractivity contribution is -0.385. The van der Waals surface area contributed by atoms with Crippen LogP contribution in [-0.4, -0.2) is 26.3 Å². The van der Waals surface area contributed by atoms with E-state index in [1.54, 1.807) is 24.3 Å². The first-order valence-corrected chi connectivity index (χ1v) is 8.99. The minimum Gasteiger partial charge on any atom is -0.348 e. The molecule has 25 heavy (non-hydrogen) atoms. The minimum absolute atomic E-state index is 0.0483. The summed E-state index contributed by atoms with van der Waals surface area (Å²) in [5.74, 6) is -0.820. The Morgan fingerprint density at radius 3 is 2.32 bits per heavy atom. The lowest BCUT2D eigenvalue weighted by atomic mass is 10.1. The molecule has 0 aliphatic heterocycles. The van der Waals surface area contributed by atoms with Crippen LogP contribution in [0.3, 0.4) is 0 Å². The lowest BCUT2D eigenvalue weighted by Crippen LogP contribution is -2.25. The molecule has 2 aromatic rings. The summed E-state index contributed by atoms with van der Waals surface area (Å²) in [4.78, 5) is 22.6. The number of rotatable bonds is 7. The van der Waals surface area contributed by atoms with Crippen molar-refractivity contribution in [2.24, 2.45) is 0 Å². The third-order valence-corrected chi connectivity index (χ3v) is 4.87. The Kier molecular flexibility index (Phi) is 5.84. The normalized spacial score (nSPS) is 11.1. The number of hydrogen-bond donors (Lipinski definition) is 2. The minimum atomic E-state index is -3.46. The Morgan fingerprint density at radius 1 is 1.08 bits per heavy atom. The lowest BCUT2D eigenvalue weighted by Gasteiger charge is -2.11. The van der Waals surface area contributed by atoms with Crippen molar-refractivity contribution in [3.05, 3.63) is 75.3 Å². The molecule has 0 heterocycles. The predicted octanol–water partition coefficient (Wildman–Crippen LogP) is 1.57. The van der Waals surface area contributed by atoms with Gasteiger partial charge < -0.3 is 5.32 Å². The van der Waals surface area contributed by atoms with Crippen LogP contribution in [0.4, 0.5) is 5.69 Å². The number of nitro groups is 1. The van der Waals surface area contributed by atoms with E-state index in [4.69, 9.17) is 0 Å². The Hall–Kier alpha value is -2.78. The highest BCUT2D eigenvalue weighted by Crippen LogP contribution is 2.18. The van der Waals surface area contributed by atoms with Crippen LogP contribution < -0.4 is 10.0 Å². The van der Waals surface area contributed by atoms with E-state index in [1.807, 2.05) is 0 Å². The highest BCUT2D eigenvalue weighted by Gasteiger charge is 2.19. The molecular formula is C16H17N3O5S. The van der Waals surface area contributed by atoms with E-state index in [-0.39, 0.29) is 23.5 Å². The molecule has 0 spiro atoms. The first-order chi connectivity index (χ1) is 11.8. The molecule has 0 aromatic heterocycles. The van der Waals surface area contributed by atoms with Gasteiger partial charge in [-0.05, 0) is 24.2 Å². The molecule has 9 heteroatoms. The van der Waals surface area contributed by atoms with Gasteiger partial charge in [-0.3, -0.25) is 14.9 Å². The first kappa shape index (κ1) is 18.6. The fourth-order valence-electron chi connectivity index (χ4n) is 2.24. The number of para-hydroxylation sites is 1. The maximum Gasteiger partial charge on any atom is 0.282 e. The first-order valence-electron chi connectivity index (χ1n) is 7.33. The molecule has 0 aliphatic carbocycles. The topological polar surface area (TPSA) is 118 Å². The van der Waals surface area contributed by atoms with Crippen LogP contribution in [0.5, 0.6) is 0 Å². The molecule has 132 valence electrons.